The Bertz CT molecular complexity index is 2770. The van der Waals surface area contributed by atoms with Crippen LogP contribution in [0.2, 0.25) is 0 Å². The highest BCUT2D eigenvalue weighted by molar-refractivity contribution is 5.96. The number of para-hydroxylation sites is 1. The standard InChI is InChI=1S/C52H35NO/c1-3-11-36(12-4-1)39-19-21-41(22-20-39)43-26-31-47-49(34-43)48-17-9-10-18-51(48)54-52-32-30-46(35-50(47)52)53(45-29-25-38-15-7-8-16-42(38)33-45)44-27-23-40(24-28-44)37-13-5-2-6-14-37/h1-35H. The number of rotatable bonds is 6. The predicted molar refractivity (Wildman–Crippen MR) is 226 cm³/mol. The molecule has 2 heteroatoms. The van der Waals surface area contributed by atoms with Gasteiger partial charge < -0.3 is 9.64 Å². The van der Waals surface area contributed by atoms with Crippen molar-refractivity contribution in [2.45, 2.75) is 0 Å². The van der Waals surface area contributed by atoms with E-state index in [9.17, 15) is 0 Å². The van der Waals surface area contributed by atoms with E-state index in [1.807, 2.05) is 6.07 Å². The second-order valence-electron chi connectivity index (χ2n) is 13.8. The SMILES string of the molecule is c1ccc(-c2ccc(-c3ccc4c(c3)-c3ccccc3Oc3ccc(N(c5ccc(-c6ccccc6)cc5)c5ccc6ccccc6c5)cc3-4)cc2)cc1. The smallest absolute Gasteiger partial charge is 0.135 e. The van der Waals surface area contributed by atoms with E-state index in [-0.39, 0.29) is 0 Å². The molecule has 54 heavy (non-hydrogen) atoms. The molecule has 0 aliphatic carbocycles. The highest BCUT2D eigenvalue weighted by Gasteiger charge is 2.23. The molecule has 0 amide bonds. The number of nitrogens with zero attached hydrogens (tertiary/aromatic N) is 1. The van der Waals surface area contributed by atoms with Gasteiger partial charge in [0.2, 0.25) is 0 Å². The Morgan fingerprint density at radius 1 is 0.259 bits per heavy atom. The van der Waals surface area contributed by atoms with Crippen molar-refractivity contribution in [3.63, 3.8) is 0 Å². The molecule has 254 valence electrons. The lowest BCUT2D eigenvalue weighted by Crippen LogP contribution is -2.10. The van der Waals surface area contributed by atoms with Gasteiger partial charge in [-0.1, -0.05) is 158 Å². The van der Waals surface area contributed by atoms with Crippen LogP contribution in [0.15, 0.2) is 212 Å². The summed E-state index contributed by atoms with van der Waals surface area (Å²) in [6, 6.07) is 75.8. The topological polar surface area (TPSA) is 12.5 Å². The van der Waals surface area contributed by atoms with Crippen LogP contribution in [0.3, 0.4) is 0 Å². The minimum atomic E-state index is 0.836. The van der Waals surface area contributed by atoms with Crippen molar-refractivity contribution in [3.8, 4) is 67.1 Å². The molecule has 1 aliphatic rings. The average molecular weight is 690 g/mol. The first kappa shape index (κ1) is 31.6. The zero-order valence-electron chi connectivity index (χ0n) is 29.6. The van der Waals surface area contributed by atoms with Crippen molar-refractivity contribution < 1.29 is 4.74 Å². The summed E-state index contributed by atoms with van der Waals surface area (Å²) in [5, 5.41) is 2.41. The molecule has 2 nitrogen and oxygen atoms in total. The highest BCUT2D eigenvalue weighted by Crippen LogP contribution is 2.50. The Kier molecular flexibility index (Phi) is 7.85. The van der Waals surface area contributed by atoms with Gasteiger partial charge in [-0.25, -0.2) is 0 Å². The summed E-state index contributed by atoms with van der Waals surface area (Å²) in [5.41, 5.74) is 14.8. The number of anilines is 3. The van der Waals surface area contributed by atoms with Crippen molar-refractivity contribution >= 4 is 27.8 Å². The summed E-state index contributed by atoms with van der Waals surface area (Å²) in [4.78, 5) is 2.35. The molecule has 0 radical (unpaired) electrons. The highest BCUT2D eigenvalue weighted by atomic mass is 16.5. The molecule has 0 spiro atoms. The molecule has 0 unspecified atom stereocenters. The number of fused-ring (bicyclic) bond motifs is 6. The number of hydrogen-bond donors (Lipinski definition) is 0. The van der Waals surface area contributed by atoms with Crippen LogP contribution in [0.25, 0.3) is 66.4 Å². The summed E-state index contributed by atoms with van der Waals surface area (Å²) in [5.74, 6) is 1.69. The molecule has 0 N–H and O–H groups in total. The molecule has 0 aromatic heterocycles. The van der Waals surface area contributed by atoms with E-state index in [1.54, 1.807) is 0 Å². The number of hydrogen-bond acceptors (Lipinski definition) is 2. The van der Waals surface area contributed by atoms with Crippen LogP contribution in [0.5, 0.6) is 11.5 Å². The van der Waals surface area contributed by atoms with E-state index in [0.29, 0.717) is 0 Å². The third-order valence-corrected chi connectivity index (χ3v) is 10.5. The molecule has 0 atom stereocenters. The van der Waals surface area contributed by atoms with Gasteiger partial charge in [0, 0.05) is 28.2 Å². The lowest BCUT2D eigenvalue weighted by atomic mass is 9.90. The molecule has 1 aliphatic heterocycles. The zero-order chi connectivity index (χ0) is 35.8. The van der Waals surface area contributed by atoms with Crippen molar-refractivity contribution in [1.82, 2.24) is 0 Å². The van der Waals surface area contributed by atoms with Gasteiger partial charge in [-0.3, -0.25) is 0 Å². The van der Waals surface area contributed by atoms with E-state index >= 15 is 0 Å². The van der Waals surface area contributed by atoms with Crippen molar-refractivity contribution in [2.24, 2.45) is 0 Å². The molecular weight excluding hydrogens is 655 g/mol. The Labute approximate surface area is 315 Å². The van der Waals surface area contributed by atoms with E-state index in [1.165, 1.54) is 44.2 Å². The van der Waals surface area contributed by atoms with Crippen molar-refractivity contribution in [3.05, 3.63) is 212 Å². The van der Waals surface area contributed by atoms with Gasteiger partial charge >= 0.3 is 0 Å². The van der Waals surface area contributed by atoms with Crippen molar-refractivity contribution in [2.75, 3.05) is 4.90 Å². The van der Waals surface area contributed by atoms with Gasteiger partial charge in [0.05, 0.1) is 0 Å². The summed E-state index contributed by atoms with van der Waals surface area (Å²) < 4.78 is 6.75. The lowest BCUT2D eigenvalue weighted by molar-refractivity contribution is 0.488. The maximum absolute atomic E-state index is 6.75. The van der Waals surface area contributed by atoms with Crippen LogP contribution < -0.4 is 9.64 Å². The molecule has 0 saturated heterocycles. The summed E-state index contributed by atoms with van der Waals surface area (Å²) in [6.45, 7) is 0. The Balaban J connectivity index is 1.10. The fraction of sp³-hybridized carbons (Fsp3) is 0. The van der Waals surface area contributed by atoms with Crippen LogP contribution >= 0.6 is 0 Å². The van der Waals surface area contributed by atoms with Gasteiger partial charge in [-0.2, -0.15) is 0 Å². The van der Waals surface area contributed by atoms with Crippen LogP contribution in [0.4, 0.5) is 17.1 Å². The summed E-state index contributed by atoms with van der Waals surface area (Å²) in [7, 11) is 0. The predicted octanol–water partition coefficient (Wildman–Crippen LogP) is 14.8. The van der Waals surface area contributed by atoms with Gasteiger partial charge in [0.25, 0.3) is 0 Å². The molecule has 10 rings (SSSR count). The molecule has 0 bridgehead atoms. The fourth-order valence-electron chi connectivity index (χ4n) is 7.72. The minimum Gasteiger partial charge on any atom is -0.456 e. The van der Waals surface area contributed by atoms with Crippen LogP contribution in [-0.4, -0.2) is 0 Å². The second-order valence-corrected chi connectivity index (χ2v) is 13.8. The molecular formula is C52H35NO. The van der Waals surface area contributed by atoms with Crippen LogP contribution in [0, 0.1) is 0 Å². The molecule has 0 saturated carbocycles. The monoisotopic (exact) mass is 689 g/mol. The zero-order valence-corrected chi connectivity index (χ0v) is 29.6. The minimum absolute atomic E-state index is 0.836. The van der Waals surface area contributed by atoms with Gasteiger partial charge in [-0.05, 0) is 110 Å². The number of benzene rings is 9. The maximum Gasteiger partial charge on any atom is 0.135 e. The Morgan fingerprint density at radius 2 is 0.759 bits per heavy atom. The quantitative estimate of drug-likeness (QED) is 0.172. The first-order valence-electron chi connectivity index (χ1n) is 18.4. The third kappa shape index (κ3) is 5.81. The second kappa shape index (κ2) is 13.4. The van der Waals surface area contributed by atoms with E-state index < -0.39 is 0 Å². The van der Waals surface area contributed by atoms with Crippen LogP contribution in [0.1, 0.15) is 0 Å². The Hall–Kier alpha value is -7.16. The van der Waals surface area contributed by atoms with E-state index in [2.05, 4.69) is 211 Å². The largest absolute Gasteiger partial charge is 0.456 e. The third-order valence-electron chi connectivity index (χ3n) is 10.5. The van der Waals surface area contributed by atoms with E-state index in [0.717, 1.165) is 50.8 Å². The summed E-state index contributed by atoms with van der Waals surface area (Å²) >= 11 is 0. The molecule has 1 heterocycles. The molecule has 0 fully saturated rings. The van der Waals surface area contributed by atoms with E-state index in [4.69, 9.17) is 4.74 Å². The molecule has 9 aromatic rings. The first-order valence-corrected chi connectivity index (χ1v) is 18.4. The van der Waals surface area contributed by atoms with Crippen LogP contribution in [-0.2, 0) is 0 Å². The Morgan fingerprint density at radius 3 is 1.48 bits per heavy atom. The lowest BCUT2D eigenvalue weighted by Gasteiger charge is -2.27. The normalized spacial score (nSPS) is 11.5. The van der Waals surface area contributed by atoms with Gasteiger partial charge in [0.1, 0.15) is 11.5 Å². The van der Waals surface area contributed by atoms with Crippen molar-refractivity contribution in [1.29, 1.82) is 0 Å². The van der Waals surface area contributed by atoms with Gasteiger partial charge in [-0.15, -0.1) is 0 Å². The summed E-state index contributed by atoms with van der Waals surface area (Å²) in [6.07, 6.45) is 0. The number of ether oxygens (including phenoxy) is 1. The maximum atomic E-state index is 6.75. The fourth-order valence-corrected chi connectivity index (χ4v) is 7.72. The molecule has 9 aromatic carbocycles. The first-order chi connectivity index (χ1) is 26.7. The average Bonchev–Trinajstić information content (AvgIpc) is 3.39. The van der Waals surface area contributed by atoms with Gasteiger partial charge in [0.15, 0.2) is 0 Å².